The van der Waals surface area contributed by atoms with Crippen LogP contribution in [0.1, 0.15) is 11.1 Å². The van der Waals surface area contributed by atoms with Crippen LogP contribution in [-0.4, -0.2) is 15.2 Å². The van der Waals surface area contributed by atoms with E-state index in [4.69, 9.17) is 0 Å². The van der Waals surface area contributed by atoms with Crippen molar-refractivity contribution in [1.29, 1.82) is 0 Å². The third-order valence-corrected chi connectivity index (χ3v) is 4.73. The summed E-state index contributed by atoms with van der Waals surface area (Å²) in [5.74, 6) is 1.79. The number of thioether (sulfide) groups is 2. The third-order valence-electron chi connectivity index (χ3n) is 2.87. The molecule has 0 radical (unpaired) electrons. The van der Waals surface area contributed by atoms with Gasteiger partial charge in [0.05, 0.1) is 0 Å². The summed E-state index contributed by atoms with van der Waals surface area (Å²) in [5.41, 5.74) is 2.57. The van der Waals surface area contributed by atoms with Gasteiger partial charge >= 0.3 is 0 Å². The van der Waals surface area contributed by atoms with Crippen LogP contribution in [0.15, 0.2) is 71.0 Å². The van der Waals surface area contributed by atoms with Gasteiger partial charge in [-0.1, -0.05) is 84.2 Å². The number of hydrogen-bond donors (Lipinski definition) is 1. The van der Waals surface area contributed by atoms with E-state index >= 15 is 0 Å². The fourth-order valence-electron chi connectivity index (χ4n) is 1.81. The fourth-order valence-corrected chi connectivity index (χ4v) is 3.38. The average Bonchev–Trinajstić information content (AvgIpc) is 3.01. The normalized spacial score (nSPS) is 10.7. The Labute approximate surface area is 132 Å². The van der Waals surface area contributed by atoms with Crippen LogP contribution in [0.5, 0.6) is 0 Å². The lowest BCUT2D eigenvalue weighted by Crippen LogP contribution is -1.81. The largest absolute Gasteiger partial charge is 0.253 e. The van der Waals surface area contributed by atoms with E-state index in [1.807, 2.05) is 12.1 Å². The molecule has 3 nitrogen and oxygen atoms in total. The van der Waals surface area contributed by atoms with E-state index in [0.717, 1.165) is 21.8 Å². The molecule has 2 aromatic carbocycles. The van der Waals surface area contributed by atoms with Crippen molar-refractivity contribution in [2.75, 3.05) is 0 Å². The minimum absolute atomic E-state index is 0.800. The number of nitrogens with one attached hydrogen (secondary N) is 1. The summed E-state index contributed by atoms with van der Waals surface area (Å²) in [6.45, 7) is 0. The Morgan fingerprint density at radius 1 is 0.762 bits per heavy atom. The van der Waals surface area contributed by atoms with Crippen LogP contribution in [0.25, 0.3) is 0 Å². The van der Waals surface area contributed by atoms with E-state index in [0.29, 0.717) is 0 Å². The lowest BCUT2D eigenvalue weighted by Gasteiger charge is -1.97. The maximum atomic E-state index is 4.50. The monoisotopic (exact) mass is 313 g/mol. The predicted octanol–water partition coefficient (Wildman–Crippen LogP) is 4.39. The summed E-state index contributed by atoms with van der Waals surface area (Å²) in [5, 5.41) is 8.91. The Morgan fingerprint density at radius 3 is 1.95 bits per heavy atom. The number of hydrogen-bond acceptors (Lipinski definition) is 4. The first-order valence-electron chi connectivity index (χ1n) is 6.66. The lowest BCUT2D eigenvalue weighted by molar-refractivity contribution is 0.954. The Bertz CT molecular complexity index is 610. The van der Waals surface area contributed by atoms with Crippen LogP contribution in [0.4, 0.5) is 0 Å². The maximum absolute atomic E-state index is 4.50. The Morgan fingerprint density at radius 2 is 1.33 bits per heavy atom. The highest BCUT2D eigenvalue weighted by Crippen LogP contribution is 2.23. The van der Waals surface area contributed by atoms with Gasteiger partial charge in [0.25, 0.3) is 0 Å². The minimum atomic E-state index is 0.800. The predicted molar refractivity (Wildman–Crippen MR) is 88.4 cm³/mol. The standard InChI is InChI=1S/C16H15N3S2/c1-3-7-13(8-4-1)11-20-15-17-16(19-18-15)21-12-14-9-5-2-6-10-14/h1-10H,11-12H2,(H,17,18,19). The molecule has 0 saturated heterocycles. The second-order valence-electron chi connectivity index (χ2n) is 4.47. The van der Waals surface area contributed by atoms with E-state index < -0.39 is 0 Å². The molecule has 0 aliphatic heterocycles. The molecule has 0 bridgehead atoms. The molecular weight excluding hydrogens is 298 g/mol. The zero-order chi connectivity index (χ0) is 14.3. The van der Waals surface area contributed by atoms with E-state index in [2.05, 4.69) is 63.7 Å². The van der Waals surface area contributed by atoms with Crippen molar-refractivity contribution >= 4 is 23.5 Å². The zero-order valence-electron chi connectivity index (χ0n) is 11.4. The Hall–Kier alpha value is -1.72. The number of aromatic nitrogens is 3. The average molecular weight is 313 g/mol. The minimum Gasteiger partial charge on any atom is -0.253 e. The third kappa shape index (κ3) is 4.37. The van der Waals surface area contributed by atoms with E-state index in [1.165, 1.54) is 11.1 Å². The molecule has 0 unspecified atom stereocenters. The fraction of sp³-hybridized carbons (Fsp3) is 0.125. The summed E-state index contributed by atoms with van der Waals surface area (Å²) in [4.78, 5) is 4.50. The Balaban J connectivity index is 1.52. The molecule has 1 aromatic heterocycles. The van der Waals surface area contributed by atoms with Crippen molar-refractivity contribution in [3.8, 4) is 0 Å². The molecule has 0 spiro atoms. The van der Waals surface area contributed by atoms with Crippen molar-refractivity contribution in [3.05, 3.63) is 71.8 Å². The molecule has 0 fully saturated rings. The van der Waals surface area contributed by atoms with Gasteiger partial charge < -0.3 is 0 Å². The molecule has 0 saturated carbocycles. The quantitative estimate of drug-likeness (QED) is 0.685. The summed E-state index contributed by atoms with van der Waals surface area (Å²) in [7, 11) is 0. The van der Waals surface area contributed by atoms with Crippen molar-refractivity contribution in [3.63, 3.8) is 0 Å². The number of rotatable bonds is 6. The molecule has 0 aliphatic carbocycles. The second kappa shape index (κ2) is 7.33. The molecule has 5 heteroatoms. The molecule has 0 amide bonds. The van der Waals surface area contributed by atoms with Crippen molar-refractivity contribution in [2.45, 2.75) is 21.8 Å². The lowest BCUT2D eigenvalue weighted by atomic mass is 10.2. The summed E-state index contributed by atoms with van der Waals surface area (Å²) in [6, 6.07) is 20.7. The van der Waals surface area contributed by atoms with Crippen LogP contribution in [0.2, 0.25) is 0 Å². The first-order chi connectivity index (χ1) is 10.4. The smallest absolute Gasteiger partial charge is 0.209 e. The van der Waals surface area contributed by atoms with Gasteiger partial charge in [-0.3, -0.25) is 5.10 Å². The summed E-state index contributed by atoms with van der Waals surface area (Å²) >= 11 is 3.32. The van der Waals surface area contributed by atoms with Gasteiger partial charge in [-0.25, -0.2) is 0 Å². The van der Waals surface area contributed by atoms with E-state index in [9.17, 15) is 0 Å². The molecule has 106 valence electrons. The summed E-state index contributed by atoms with van der Waals surface area (Å²) in [6.07, 6.45) is 0. The van der Waals surface area contributed by atoms with Crippen LogP contribution >= 0.6 is 23.5 Å². The highest BCUT2D eigenvalue weighted by molar-refractivity contribution is 7.99. The van der Waals surface area contributed by atoms with Gasteiger partial charge in [0.15, 0.2) is 5.16 Å². The maximum Gasteiger partial charge on any atom is 0.209 e. The molecular formula is C16H15N3S2. The first kappa shape index (κ1) is 14.2. The van der Waals surface area contributed by atoms with Gasteiger partial charge in [-0.2, -0.15) is 4.98 Å². The van der Waals surface area contributed by atoms with Crippen molar-refractivity contribution < 1.29 is 0 Å². The zero-order valence-corrected chi connectivity index (χ0v) is 13.0. The van der Waals surface area contributed by atoms with Crippen LogP contribution in [0, 0.1) is 0 Å². The van der Waals surface area contributed by atoms with Gasteiger partial charge in [0.1, 0.15) is 0 Å². The van der Waals surface area contributed by atoms with Gasteiger partial charge in [0, 0.05) is 11.5 Å². The molecule has 0 aliphatic rings. The highest BCUT2D eigenvalue weighted by Gasteiger charge is 2.05. The molecule has 21 heavy (non-hydrogen) atoms. The number of H-pyrrole nitrogens is 1. The van der Waals surface area contributed by atoms with Gasteiger partial charge in [-0.15, -0.1) is 5.10 Å². The van der Waals surface area contributed by atoms with Crippen molar-refractivity contribution in [2.24, 2.45) is 0 Å². The highest BCUT2D eigenvalue weighted by atomic mass is 32.2. The molecule has 3 aromatic rings. The van der Waals surface area contributed by atoms with Crippen LogP contribution in [0.3, 0.4) is 0 Å². The van der Waals surface area contributed by atoms with Crippen molar-refractivity contribution in [1.82, 2.24) is 15.2 Å². The topological polar surface area (TPSA) is 41.6 Å². The second-order valence-corrected chi connectivity index (χ2v) is 6.38. The first-order valence-corrected chi connectivity index (χ1v) is 8.63. The number of benzene rings is 2. The Kier molecular flexibility index (Phi) is 4.97. The molecule has 1 N–H and O–H groups in total. The molecule has 0 atom stereocenters. The number of nitrogens with zero attached hydrogens (tertiary/aromatic N) is 2. The van der Waals surface area contributed by atoms with E-state index in [1.54, 1.807) is 23.5 Å². The van der Waals surface area contributed by atoms with Gasteiger partial charge in [-0.05, 0) is 11.1 Å². The van der Waals surface area contributed by atoms with Crippen LogP contribution in [-0.2, 0) is 11.5 Å². The van der Waals surface area contributed by atoms with Gasteiger partial charge in [0.2, 0.25) is 5.16 Å². The molecule has 1 heterocycles. The van der Waals surface area contributed by atoms with Crippen LogP contribution < -0.4 is 0 Å². The number of aromatic amines is 1. The molecule has 3 rings (SSSR count). The van der Waals surface area contributed by atoms with E-state index in [-0.39, 0.29) is 0 Å². The summed E-state index contributed by atoms with van der Waals surface area (Å²) < 4.78 is 0. The SMILES string of the molecule is c1ccc(CSc2n[nH]c(SCc3ccccc3)n2)cc1.